The maximum atomic E-state index is 12.7. The van der Waals surface area contributed by atoms with Gasteiger partial charge in [0.2, 0.25) is 5.91 Å². The van der Waals surface area contributed by atoms with Crippen LogP contribution in [0.25, 0.3) is 10.9 Å². The van der Waals surface area contributed by atoms with E-state index in [2.05, 4.69) is 15.2 Å². The highest BCUT2D eigenvalue weighted by Gasteiger charge is 2.24. The molecule has 5 heteroatoms. The third-order valence-corrected chi connectivity index (χ3v) is 4.65. The molecule has 2 aromatic carbocycles. The third kappa shape index (κ3) is 3.95. The first-order valence-corrected chi connectivity index (χ1v) is 8.82. The SMILES string of the molecule is CC(c1c[nH]c2ccccc12)C(N)C(=O)Nc1cccc(CN(C)C)c1. The minimum absolute atomic E-state index is 0.101. The second-order valence-electron chi connectivity index (χ2n) is 7.03. The van der Waals surface area contributed by atoms with Gasteiger partial charge >= 0.3 is 0 Å². The third-order valence-electron chi connectivity index (χ3n) is 4.65. The predicted molar refractivity (Wildman–Crippen MR) is 107 cm³/mol. The molecule has 3 aromatic rings. The minimum atomic E-state index is -0.633. The lowest BCUT2D eigenvalue weighted by molar-refractivity contribution is -0.117. The van der Waals surface area contributed by atoms with Gasteiger partial charge in [-0.2, -0.15) is 0 Å². The molecule has 3 rings (SSSR count). The number of benzene rings is 2. The van der Waals surface area contributed by atoms with Crippen molar-refractivity contribution < 1.29 is 4.79 Å². The van der Waals surface area contributed by atoms with Gasteiger partial charge in [-0.15, -0.1) is 0 Å². The monoisotopic (exact) mass is 350 g/mol. The number of fused-ring (bicyclic) bond motifs is 1. The van der Waals surface area contributed by atoms with E-state index in [1.165, 1.54) is 0 Å². The molecule has 0 aliphatic carbocycles. The fourth-order valence-electron chi connectivity index (χ4n) is 3.23. The fraction of sp³-hybridized carbons (Fsp3) is 0.286. The van der Waals surface area contributed by atoms with E-state index in [0.29, 0.717) is 0 Å². The first-order chi connectivity index (χ1) is 12.5. The number of hydrogen-bond donors (Lipinski definition) is 3. The van der Waals surface area contributed by atoms with Gasteiger partial charge in [0.25, 0.3) is 0 Å². The van der Waals surface area contributed by atoms with Crippen LogP contribution >= 0.6 is 0 Å². The number of aromatic amines is 1. The molecule has 0 saturated heterocycles. The van der Waals surface area contributed by atoms with E-state index in [1.807, 2.05) is 75.7 Å². The average molecular weight is 350 g/mol. The minimum Gasteiger partial charge on any atom is -0.361 e. The Bertz CT molecular complexity index is 900. The standard InChI is InChI=1S/C21H26N4O/c1-14(18-12-23-19-10-5-4-9-17(18)19)20(22)21(26)24-16-8-6-7-15(11-16)13-25(2)3/h4-12,14,20,23H,13,22H2,1-3H3,(H,24,26). The maximum absolute atomic E-state index is 12.7. The van der Waals surface area contributed by atoms with Crippen molar-refractivity contribution in [3.05, 3.63) is 65.9 Å². The summed E-state index contributed by atoms with van der Waals surface area (Å²) < 4.78 is 0. The van der Waals surface area contributed by atoms with Gasteiger partial charge in [-0.25, -0.2) is 0 Å². The van der Waals surface area contributed by atoms with Gasteiger partial charge < -0.3 is 20.9 Å². The van der Waals surface area contributed by atoms with Crippen LogP contribution < -0.4 is 11.1 Å². The zero-order chi connectivity index (χ0) is 18.7. The van der Waals surface area contributed by atoms with Crippen LogP contribution in [0, 0.1) is 0 Å². The molecule has 2 atom stereocenters. The lowest BCUT2D eigenvalue weighted by Crippen LogP contribution is -2.39. The Hall–Kier alpha value is -2.63. The van der Waals surface area contributed by atoms with Gasteiger partial charge in [0.15, 0.2) is 0 Å². The Labute approximate surface area is 154 Å². The molecule has 0 bridgehead atoms. The van der Waals surface area contributed by atoms with Crippen molar-refractivity contribution in [3.63, 3.8) is 0 Å². The van der Waals surface area contributed by atoms with E-state index < -0.39 is 6.04 Å². The zero-order valence-electron chi connectivity index (χ0n) is 15.5. The molecule has 1 heterocycles. The Morgan fingerprint density at radius 3 is 2.73 bits per heavy atom. The number of hydrogen-bond acceptors (Lipinski definition) is 3. The summed E-state index contributed by atoms with van der Waals surface area (Å²) in [5, 5.41) is 4.06. The number of nitrogens with one attached hydrogen (secondary N) is 2. The molecule has 26 heavy (non-hydrogen) atoms. The molecule has 0 fully saturated rings. The van der Waals surface area contributed by atoms with Crippen LogP contribution in [0.15, 0.2) is 54.7 Å². The predicted octanol–water partition coefficient (Wildman–Crippen LogP) is 3.30. The van der Waals surface area contributed by atoms with Gasteiger partial charge in [0.05, 0.1) is 6.04 Å². The molecule has 136 valence electrons. The van der Waals surface area contributed by atoms with Gasteiger partial charge in [-0.1, -0.05) is 37.3 Å². The lowest BCUT2D eigenvalue weighted by Gasteiger charge is -2.19. The summed E-state index contributed by atoms with van der Waals surface area (Å²) >= 11 is 0. The number of carbonyl (C=O) groups excluding carboxylic acids is 1. The van der Waals surface area contributed by atoms with Crippen molar-refractivity contribution in [1.29, 1.82) is 0 Å². The number of amides is 1. The van der Waals surface area contributed by atoms with Crippen LogP contribution in [0.4, 0.5) is 5.69 Å². The summed E-state index contributed by atoms with van der Waals surface area (Å²) in [7, 11) is 4.04. The number of rotatable bonds is 6. The first-order valence-electron chi connectivity index (χ1n) is 8.82. The van der Waals surface area contributed by atoms with E-state index in [1.54, 1.807) is 0 Å². The Morgan fingerprint density at radius 2 is 1.96 bits per heavy atom. The van der Waals surface area contributed by atoms with Crippen molar-refractivity contribution in [2.75, 3.05) is 19.4 Å². The summed E-state index contributed by atoms with van der Waals surface area (Å²) in [4.78, 5) is 18.0. The largest absolute Gasteiger partial charge is 0.361 e. The van der Waals surface area contributed by atoms with Crippen LogP contribution in [-0.4, -0.2) is 35.9 Å². The Kier molecular flexibility index (Phi) is 5.40. The highest BCUT2D eigenvalue weighted by Crippen LogP contribution is 2.27. The second-order valence-corrected chi connectivity index (χ2v) is 7.03. The molecule has 0 spiro atoms. The van der Waals surface area contributed by atoms with Crippen molar-refractivity contribution in [1.82, 2.24) is 9.88 Å². The molecular weight excluding hydrogens is 324 g/mol. The van der Waals surface area contributed by atoms with Crippen LogP contribution in [0.2, 0.25) is 0 Å². The first kappa shape index (κ1) is 18.2. The number of para-hydroxylation sites is 1. The number of carbonyl (C=O) groups is 1. The molecule has 4 N–H and O–H groups in total. The number of aromatic nitrogens is 1. The van der Waals surface area contributed by atoms with Crippen LogP contribution in [0.1, 0.15) is 24.0 Å². The maximum Gasteiger partial charge on any atom is 0.241 e. The smallest absolute Gasteiger partial charge is 0.241 e. The zero-order valence-corrected chi connectivity index (χ0v) is 15.5. The summed E-state index contributed by atoms with van der Waals surface area (Å²) in [5.41, 5.74) is 10.3. The van der Waals surface area contributed by atoms with E-state index in [9.17, 15) is 4.79 Å². The van der Waals surface area contributed by atoms with Gasteiger partial charge in [0.1, 0.15) is 0 Å². The highest BCUT2D eigenvalue weighted by molar-refractivity contribution is 5.96. The van der Waals surface area contributed by atoms with Gasteiger partial charge in [-0.05, 0) is 43.4 Å². The van der Waals surface area contributed by atoms with E-state index in [0.717, 1.165) is 34.3 Å². The normalized spacial score (nSPS) is 13.7. The molecule has 0 saturated carbocycles. The molecule has 2 unspecified atom stereocenters. The summed E-state index contributed by atoms with van der Waals surface area (Å²) in [5.74, 6) is -0.277. The average Bonchev–Trinajstić information content (AvgIpc) is 3.04. The lowest BCUT2D eigenvalue weighted by atomic mass is 9.93. The van der Waals surface area contributed by atoms with Crippen LogP contribution in [0.3, 0.4) is 0 Å². The highest BCUT2D eigenvalue weighted by atomic mass is 16.2. The van der Waals surface area contributed by atoms with Gasteiger partial charge in [-0.3, -0.25) is 4.79 Å². The summed E-state index contributed by atoms with van der Waals surface area (Å²) in [6.07, 6.45) is 1.94. The van der Waals surface area contributed by atoms with Crippen molar-refractivity contribution in [2.24, 2.45) is 5.73 Å². The molecule has 0 radical (unpaired) electrons. The number of nitrogens with zero attached hydrogens (tertiary/aromatic N) is 1. The van der Waals surface area contributed by atoms with Crippen LogP contribution in [0.5, 0.6) is 0 Å². The molecule has 0 aliphatic rings. The number of anilines is 1. The van der Waals surface area contributed by atoms with Crippen molar-refractivity contribution >= 4 is 22.5 Å². The van der Waals surface area contributed by atoms with Crippen molar-refractivity contribution in [2.45, 2.75) is 25.4 Å². The molecule has 1 aromatic heterocycles. The van der Waals surface area contributed by atoms with Gasteiger partial charge in [0, 0.05) is 35.2 Å². The second kappa shape index (κ2) is 7.72. The van der Waals surface area contributed by atoms with Crippen LogP contribution in [-0.2, 0) is 11.3 Å². The summed E-state index contributed by atoms with van der Waals surface area (Å²) in [6.45, 7) is 2.81. The Balaban J connectivity index is 1.73. The number of H-pyrrole nitrogens is 1. The Morgan fingerprint density at radius 1 is 1.19 bits per heavy atom. The van der Waals surface area contributed by atoms with E-state index >= 15 is 0 Å². The quantitative estimate of drug-likeness (QED) is 0.638. The molecular formula is C21H26N4O. The topological polar surface area (TPSA) is 74.1 Å². The molecule has 1 amide bonds. The molecule has 0 aliphatic heterocycles. The van der Waals surface area contributed by atoms with E-state index in [4.69, 9.17) is 5.73 Å². The molecule has 5 nitrogen and oxygen atoms in total. The fourth-order valence-corrected chi connectivity index (χ4v) is 3.23. The summed E-state index contributed by atoms with van der Waals surface area (Å²) in [6, 6.07) is 15.3. The number of nitrogens with two attached hydrogens (primary N) is 1. The van der Waals surface area contributed by atoms with Crippen molar-refractivity contribution in [3.8, 4) is 0 Å². The van der Waals surface area contributed by atoms with E-state index in [-0.39, 0.29) is 11.8 Å².